The van der Waals surface area contributed by atoms with Crippen LogP contribution in [0.4, 0.5) is 0 Å². The van der Waals surface area contributed by atoms with Crippen LogP contribution in [0.5, 0.6) is 0 Å². The van der Waals surface area contributed by atoms with Crippen LogP contribution in [0.1, 0.15) is 0 Å². The number of aromatic nitrogens is 1. The molecule has 3 heteroatoms. The van der Waals surface area contributed by atoms with Crippen LogP contribution in [-0.4, -0.2) is 4.57 Å². The minimum absolute atomic E-state index is 1.11. The van der Waals surface area contributed by atoms with E-state index in [9.17, 15) is 0 Å². The van der Waals surface area contributed by atoms with Crippen LogP contribution in [0.3, 0.4) is 0 Å². The number of fused-ring (bicyclic) bond motifs is 7. The molecule has 2 aromatic heterocycles. The lowest BCUT2D eigenvalue weighted by Gasteiger charge is -2.08. The van der Waals surface area contributed by atoms with Crippen LogP contribution in [0.2, 0.25) is 0 Å². The molecule has 0 radical (unpaired) electrons. The molecule has 0 unspecified atom stereocenters. The van der Waals surface area contributed by atoms with Crippen molar-refractivity contribution in [2.75, 3.05) is 0 Å². The van der Waals surface area contributed by atoms with Gasteiger partial charge in [-0.05, 0) is 42.5 Å². The molecule has 0 saturated carbocycles. The molecule has 6 rings (SSSR count). The highest BCUT2D eigenvalue weighted by molar-refractivity contribution is 9.10. The van der Waals surface area contributed by atoms with Gasteiger partial charge in [-0.15, -0.1) is 11.3 Å². The SMILES string of the molecule is Brc1ccc2c(c1)c1ccc3sc4ccccc4c3c1n2-c1ccccc1. The Hall–Kier alpha value is -2.62. The first-order chi connectivity index (χ1) is 13.3. The molecule has 0 atom stereocenters. The number of halogens is 1. The predicted molar refractivity (Wildman–Crippen MR) is 121 cm³/mol. The number of benzene rings is 4. The van der Waals surface area contributed by atoms with E-state index >= 15 is 0 Å². The van der Waals surface area contributed by atoms with Crippen molar-refractivity contribution in [3.05, 3.63) is 89.4 Å². The van der Waals surface area contributed by atoms with Crippen LogP contribution >= 0.6 is 27.3 Å². The molecule has 6 aromatic rings. The standard InChI is InChI=1S/C24H14BrNS/c25-15-10-12-20-19(14-15)17-11-13-22-23(18-8-4-5-9-21(18)27-22)24(17)26(20)16-6-2-1-3-7-16/h1-14H. The molecular formula is C24H14BrNS. The molecule has 2 heterocycles. The maximum absolute atomic E-state index is 3.66. The third kappa shape index (κ3) is 2.16. The summed E-state index contributed by atoms with van der Waals surface area (Å²) in [5.74, 6) is 0. The Kier molecular flexibility index (Phi) is 3.25. The molecule has 4 aromatic carbocycles. The number of hydrogen-bond acceptors (Lipinski definition) is 1. The van der Waals surface area contributed by atoms with Crippen LogP contribution in [0.15, 0.2) is 89.4 Å². The molecule has 0 N–H and O–H groups in total. The lowest BCUT2D eigenvalue weighted by Crippen LogP contribution is -1.93. The van der Waals surface area contributed by atoms with Gasteiger partial charge in [0.15, 0.2) is 0 Å². The van der Waals surface area contributed by atoms with E-state index in [0.717, 1.165) is 4.47 Å². The van der Waals surface area contributed by atoms with E-state index in [1.54, 1.807) is 0 Å². The van der Waals surface area contributed by atoms with Gasteiger partial charge >= 0.3 is 0 Å². The fraction of sp³-hybridized carbons (Fsp3) is 0. The summed E-state index contributed by atoms with van der Waals surface area (Å²) in [5, 5.41) is 5.26. The molecular weight excluding hydrogens is 414 g/mol. The fourth-order valence-corrected chi connectivity index (χ4v) is 5.60. The van der Waals surface area contributed by atoms with E-state index in [2.05, 4.69) is 105 Å². The molecule has 0 saturated heterocycles. The van der Waals surface area contributed by atoms with Crippen LogP contribution in [-0.2, 0) is 0 Å². The lowest BCUT2D eigenvalue weighted by atomic mass is 10.1. The van der Waals surface area contributed by atoms with Gasteiger partial charge in [-0.25, -0.2) is 0 Å². The molecule has 0 fully saturated rings. The molecule has 0 bridgehead atoms. The third-order valence-electron chi connectivity index (χ3n) is 5.24. The van der Waals surface area contributed by atoms with Crippen molar-refractivity contribution in [1.82, 2.24) is 4.57 Å². The molecule has 0 aliphatic rings. The van der Waals surface area contributed by atoms with Gasteiger partial charge in [0.2, 0.25) is 0 Å². The van der Waals surface area contributed by atoms with Gasteiger partial charge in [-0.3, -0.25) is 0 Å². The summed E-state index contributed by atoms with van der Waals surface area (Å²) in [6.45, 7) is 0. The zero-order valence-electron chi connectivity index (χ0n) is 14.3. The van der Waals surface area contributed by atoms with Crippen LogP contribution in [0.25, 0.3) is 47.7 Å². The molecule has 0 spiro atoms. The topological polar surface area (TPSA) is 4.93 Å². The first-order valence-electron chi connectivity index (χ1n) is 8.90. The average molecular weight is 428 g/mol. The van der Waals surface area contributed by atoms with E-state index in [1.807, 2.05) is 11.3 Å². The maximum Gasteiger partial charge on any atom is 0.0634 e. The Bertz CT molecular complexity index is 1470. The first kappa shape index (κ1) is 15.4. The number of nitrogens with zero attached hydrogens (tertiary/aromatic N) is 1. The minimum atomic E-state index is 1.11. The normalized spacial score (nSPS) is 11.9. The first-order valence-corrected chi connectivity index (χ1v) is 10.5. The second kappa shape index (κ2) is 5.69. The summed E-state index contributed by atoms with van der Waals surface area (Å²) in [7, 11) is 0. The Morgan fingerprint density at radius 2 is 1.48 bits per heavy atom. The van der Waals surface area contributed by atoms with Gasteiger partial charge in [0.1, 0.15) is 0 Å². The maximum atomic E-state index is 3.66. The van der Waals surface area contributed by atoms with Crippen LogP contribution in [0, 0.1) is 0 Å². The van der Waals surface area contributed by atoms with Gasteiger partial charge in [0.25, 0.3) is 0 Å². The smallest absolute Gasteiger partial charge is 0.0634 e. The average Bonchev–Trinajstić information content (AvgIpc) is 3.23. The number of para-hydroxylation sites is 1. The monoisotopic (exact) mass is 427 g/mol. The summed E-state index contributed by atoms with van der Waals surface area (Å²) in [6, 6.07) is 30.5. The van der Waals surface area contributed by atoms with Crippen molar-refractivity contribution in [1.29, 1.82) is 0 Å². The van der Waals surface area contributed by atoms with Gasteiger partial charge < -0.3 is 4.57 Å². The van der Waals surface area contributed by atoms with Crippen molar-refractivity contribution < 1.29 is 0 Å². The Morgan fingerprint density at radius 1 is 0.667 bits per heavy atom. The number of hydrogen-bond donors (Lipinski definition) is 0. The molecule has 0 amide bonds. The molecule has 0 aliphatic heterocycles. The largest absolute Gasteiger partial charge is 0.309 e. The van der Waals surface area contributed by atoms with E-state index in [-0.39, 0.29) is 0 Å². The lowest BCUT2D eigenvalue weighted by molar-refractivity contribution is 1.19. The van der Waals surface area contributed by atoms with Crippen molar-refractivity contribution in [2.45, 2.75) is 0 Å². The van der Waals surface area contributed by atoms with Crippen molar-refractivity contribution in [3.8, 4) is 5.69 Å². The van der Waals surface area contributed by atoms with Crippen molar-refractivity contribution in [3.63, 3.8) is 0 Å². The van der Waals surface area contributed by atoms with Gasteiger partial charge in [0.05, 0.1) is 11.0 Å². The van der Waals surface area contributed by atoms with E-state index in [1.165, 1.54) is 47.7 Å². The summed E-state index contributed by atoms with van der Waals surface area (Å²) >= 11 is 5.53. The fourth-order valence-electron chi connectivity index (χ4n) is 4.13. The van der Waals surface area contributed by atoms with E-state index in [4.69, 9.17) is 0 Å². The minimum Gasteiger partial charge on any atom is -0.309 e. The van der Waals surface area contributed by atoms with Crippen molar-refractivity contribution in [2.24, 2.45) is 0 Å². The zero-order chi connectivity index (χ0) is 18.0. The number of thiophene rings is 1. The van der Waals surface area contributed by atoms with E-state index < -0.39 is 0 Å². The molecule has 0 aliphatic carbocycles. The van der Waals surface area contributed by atoms with Gasteiger partial charge in [0, 0.05) is 41.1 Å². The van der Waals surface area contributed by atoms with E-state index in [0.29, 0.717) is 0 Å². The summed E-state index contributed by atoms with van der Waals surface area (Å²) in [4.78, 5) is 0. The number of rotatable bonds is 1. The Labute approximate surface area is 168 Å². The second-order valence-electron chi connectivity index (χ2n) is 6.77. The molecule has 1 nitrogen and oxygen atoms in total. The quantitative estimate of drug-likeness (QED) is 0.251. The predicted octanol–water partition coefficient (Wildman–Crippen LogP) is 7.91. The van der Waals surface area contributed by atoms with Crippen LogP contribution < -0.4 is 0 Å². The highest BCUT2D eigenvalue weighted by Crippen LogP contribution is 2.43. The Morgan fingerprint density at radius 3 is 2.37 bits per heavy atom. The summed E-state index contributed by atoms with van der Waals surface area (Å²) < 4.78 is 6.20. The third-order valence-corrected chi connectivity index (χ3v) is 6.87. The summed E-state index contributed by atoms with van der Waals surface area (Å²) in [5.41, 5.74) is 3.73. The highest BCUT2D eigenvalue weighted by atomic mass is 79.9. The van der Waals surface area contributed by atoms with Crippen molar-refractivity contribution >= 4 is 69.2 Å². The second-order valence-corrected chi connectivity index (χ2v) is 8.76. The molecule has 27 heavy (non-hydrogen) atoms. The molecule has 128 valence electrons. The van der Waals surface area contributed by atoms with Gasteiger partial charge in [-0.1, -0.05) is 58.4 Å². The van der Waals surface area contributed by atoms with Gasteiger partial charge in [-0.2, -0.15) is 0 Å². The Balaban J connectivity index is 1.95. The zero-order valence-corrected chi connectivity index (χ0v) is 16.7. The summed E-state index contributed by atoms with van der Waals surface area (Å²) in [6.07, 6.45) is 0. The highest BCUT2D eigenvalue weighted by Gasteiger charge is 2.17.